The third-order valence-corrected chi connectivity index (χ3v) is 4.53. The molecule has 2 aliphatic heterocycles. The molecule has 2 saturated heterocycles. The van der Waals surface area contributed by atoms with Gasteiger partial charge in [-0.1, -0.05) is 0 Å². The van der Waals surface area contributed by atoms with Gasteiger partial charge in [-0.05, 0) is 19.3 Å². The lowest BCUT2D eigenvalue weighted by molar-refractivity contribution is -0.133. The Morgan fingerprint density at radius 3 is 2.95 bits per heavy atom. The molecule has 1 unspecified atom stereocenters. The van der Waals surface area contributed by atoms with Crippen molar-refractivity contribution in [1.29, 1.82) is 0 Å². The first-order valence-corrected chi connectivity index (χ1v) is 8.30. The minimum atomic E-state index is 0.155. The van der Waals surface area contributed by atoms with Gasteiger partial charge in [0.05, 0.1) is 18.7 Å². The fourth-order valence-electron chi connectivity index (χ4n) is 3.32. The summed E-state index contributed by atoms with van der Waals surface area (Å²) in [6.07, 6.45) is 7.86. The highest BCUT2D eigenvalue weighted by Crippen LogP contribution is 2.17. The number of hydrogen-bond donors (Lipinski definition) is 0. The Bertz CT molecular complexity index is 496. The van der Waals surface area contributed by atoms with Crippen LogP contribution in [-0.2, 0) is 23.1 Å². The van der Waals surface area contributed by atoms with Gasteiger partial charge in [0, 0.05) is 58.1 Å². The van der Waals surface area contributed by atoms with Gasteiger partial charge in [0.2, 0.25) is 5.91 Å². The van der Waals surface area contributed by atoms with E-state index >= 15 is 0 Å². The predicted molar refractivity (Wildman–Crippen MR) is 83.3 cm³/mol. The summed E-state index contributed by atoms with van der Waals surface area (Å²) in [5, 5.41) is 4.22. The second kappa shape index (κ2) is 7.24. The fraction of sp³-hybridized carbons (Fsp3) is 0.750. The van der Waals surface area contributed by atoms with E-state index in [4.69, 9.17) is 4.74 Å². The highest BCUT2D eigenvalue weighted by Gasteiger charge is 2.24. The maximum atomic E-state index is 12.4. The summed E-state index contributed by atoms with van der Waals surface area (Å²) >= 11 is 0. The van der Waals surface area contributed by atoms with Gasteiger partial charge in [0.1, 0.15) is 0 Å². The molecular weight excluding hydrogens is 280 g/mol. The number of aryl methyl sites for hydroxylation is 1. The Morgan fingerprint density at radius 2 is 2.23 bits per heavy atom. The van der Waals surface area contributed by atoms with Crippen LogP contribution in [0.3, 0.4) is 0 Å². The molecule has 0 saturated carbocycles. The van der Waals surface area contributed by atoms with Crippen LogP contribution in [0.1, 0.15) is 31.2 Å². The Morgan fingerprint density at radius 1 is 1.32 bits per heavy atom. The Labute approximate surface area is 132 Å². The van der Waals surface area contributed by atoms with Crippen molar-refractivity contribution in [3.63, 3.8) is 0 Å². The molecular formula is C16H26N4O2. The molecule has 1 atom stereocenters. The number of carbonyl (C=O) groups excluding carboxylic acids is 1. The number of ether oxygens (including phenoxy) is 1. The molecule has 0 aromatic carbocycles. The van der Waals surface area contributed by atoms with Gasteiger partial charge < -0.3 is 9.64 Å². The van der Waals surface area contributed by atoms with Gasteiger partial charge in [-0.15, -0.1) is 0 Å². The summed E-state index contributed by atoms with van der Waals surface area (Å²) in [4.78, 5) is 16.8. The predicted octanol–water partition coefficient (Wildman–Crippen LogP) is 1.02. The van der Waals surface area contributed by atoms with Crippen LogP contribution in [-0.4, -0.2) is 64.4 Å². The summed E-state index contributed by atoms with van der Waals surface area (Å²) in [6.45, 7) is 5.41. The molecule has 0 aliphatic carbocycles. The summed E-state index contributed by atoms with van der Waals surface area (Å²) in [5.74, 6) is 0.259. The molecule has 3 heterocycles. The number of carbonyl (C=O) groups is 1. The normalized spacial score (nSPS) is 23.7. The van der Waals surface area contributed by atoms with Gasteiger partial charge in [-0.3, -0.25) is 14.4 Å². The summed E-state index contributed by atoms with van der Waals surface area (Å²) in [5.41, 5.74) is 1.24. The van der Waals surface area contributed by atoms with Crippen molar-refractivity contribution in [2.75, 3.05) is 32.8 Å². The molecule has 6 heteroatoms. The standard InChI is InChI=1S/C16H26N4O2/c1-18-12-14(11-17-18)13-19-5-3-6-20(8-7-19)16(21)10-15-4-2-9-22-15/h11-12,15H,2-10,13H2,1H3. The first-order valence-electron chi connectivity index (χ1n) is 8.30. The molecule has 6 nitrogen and oxygen atoms in total. The zero-order valence-electron chi connectivity index (χ0n) is 13.4. The average Bonchev–Trinajstić information content (AvgIpc) is 3.07. The SMILES string of the molecule is Cn1cc(CN2CCCN(C(=O)CC3CCCO3)CC2)cn1. The molecule has 2 fully saturated rings. The lowest BCUT2D eigenvalue weighted by Gasteiger charge is -2.23. The molecule has 2 aliphatic rings. The highest BCUT2D eigenvalue weighted by atomic mass is 16.5. The lowest BCUT2D eigenvalue weighted by atomic mass is 10.1. The molecule has 0 N–H and O–H groups in total. The van der Waals surface area contributed by atoms with Gasteiger partial charge in [0.25, 0.3) is 0 Å². The maximum Gasteiger partial charge on any atom is 0.225 e. The Kier molecular flexibility index (Phi) is 5.10. The van der Waals surface area contributed by atoms with E-state index in [1.165, 1.54) is 5.56 Å². The van der Waals surface area contributed by atoms with Crippen molar-refractivity contribution < 1.29 is 9.53 Å². The highest BCUT2D eigenvalue weighted by molar-refractivity contribution is 5.76. The van der Waals surface area contributed by atoms with Crippen LogP contribution in [0, 0.1) is 0 Å². The van der Waals surface area contributed by atoms with Crippen LogP contribution in [0.25, 0.3) is 0 Å². The minimum absolute atomic E-state index is 0.155. The Hall–Kier alpha value is -1.40. The quantitative estimate of drug-likeness (QED) is 0.833. The van der Waals surface area contributed by atoms with Crippen molar-refractivity contribution >= 4 is 5.91 Å². The molecule has 1 aromatic rings. The molecule has 1 amide bonds. The molecule has 122 valence electrons. The lowest BCUT2D eigenvalue weighted by Crippen LogP contribution is -2.36. The average molecular weight is 306 g/mol. The van der Waals surface area contributed by atoms with Crippen LogP contribution >= 0.6 is 0 Å². The molecule has 0 spiro atoms. The zero-order chi connectivity index (χ0) is 15.4. The summed E-state index contributed by atoms with van der Waals surface area (Å²) < 4.78 is 7.42. The number of rotatable bonds is 4. The van der Waals surface area contributed by atoms with E-state index in [9.17, 15) is 4.79 Å². The van der Waals surface area contributed by atoms with E-state index in [2.05, 4.69) is 16.2 Å². The molecule has 3 rings (SSSR count). The fourth-order valence-corrected chi connectivity index (χ4v) is 3.32. The topological polar surface area (TPSA) is 50.6 Å². The zero-order valence-corrected chi connectivity index (χ0v) is 13.4. The summed E-state index contributed by atoms with van der Waals surface area (Å²) in [7, 11) is 1.94. The van der Waals surface area contributed by atoms with Gasteiger partial charge in [-0.2, -0.15) is 5.10 Å². The van der Waals surface area contributed by atoms with Crippen LogP contribution in [0.15, 0.2) is 12.4 Å². The first-order chi connectivity index (χ1) is 10.7. The summed E-state index contributed by atoms with van der Waals surface area (Å²) in [6, 6.07) is 0. The van der Waals surface area contributed by atoms with Crippen LogP contribution < -0.4 is 0 Å². The monoisotopic (exact) mass is 306 g/mol. The van der Waals surface area contributed by atoms with Crippen molar-refractivity contribution in [1.82, 2.24) is 19.6 Å². The first kappa shape index (κ1) is 15.5. The molecule has 0 radical (unpaired) electrons. The molecule has 0 bridgehead atoms. The maximum absolute atomic E-state index is 12.4. The van der Waals surface area contributed by atoms with E-state index in [0.29, 0.717) is 6.42 Å². The van der Waals surface area contributed by atoms with Crippen molar-refractivity contribution in [3.05, 3.63) is 18.0 Å². The van der Waals surface area contributed by atoms with E-state index in [1.807, 2.05) is 22.8 Å². The third-order valence-electron chi connectivity index (χ3n) is 4.53. The smallest absolute Gasteiger partial charge is 0.225 e. The van der Waals surface area contributed by atoms with Crippen LogP contribution in [0.5, 0.6) is 0 Å². The van der Waals surface area contributed by atoms with Gasteiger partial charge in [0.15, 0.2) is 0 Å². The van der Waals surface area contributed by atoms with E-state index in [1.54, 1.807) is 0 Å². The molecule has 22 heavy (non-hydrogen) atoms. The Balaban J connectivity index is 1.47. The van der Waals surface area contributed by atoms with E-state index < -0.39 is 0 Å². The largest absolute Gasteiger partial charge is 0.378 e. The number of hydrogen-bond acceptors (Lipinski definition) is 4. The van der Waals surface area contributed by atoms with E-state index in [0.717, 1.165) is 58.6 Å². The number of aromatic nitrogens is 2. The van der Waals surface area contributed by atoms with Crippen molar-refractivity contribution in [3.8, 4) is 0 Å². The van der Waals surface area contributed by atoms with Crippen LogP contribution in [0.2, 0.25) is 0 Å². The number of amides is 1. The molecule has 1 aromatic heterocycles. The van der Waals surface area contributed by atoms with Crippen LogP contribution in [0.4, 0.5) is 0 Å². The number of nitrogens with zero attached hydrogens (tertiary/aromatic N) is 4. The van der Waals surface area contributed by atoms with Gasteiger partial charge in [-0.25, -0.2) is 0 Å². The third kappa shape index (κ3) is 4.08. The minimum Gasteiger partial charge on any atom is -0.378 e. The van der Waals surface area contributed by atoms with Gasteiger partial charge >= 0.3 is 0 Å². The second-order valence-corrected chi connectivity index (χ2v) is 6.37. The second-order valence-electron chi connectivity index (χ2n) is 6.37. The van der Waals surface area contributed by atoms with Crippen molar-refractivity contribution in [2.45, 2.75) is 38.3 Å². The van der Waals surface area contributed by atoms with E-state index in [-0.39, 0.29) is 12.0 Å². The van der Waals surface area contributed by atoms with Crippen molar-refractivity contribution in [2.24, 2.45) is 7.05 Å².